The minimum atomic E-state index is -1.13. The van der Waals surface area contributed by atoms with Crippen molar-refractivity contribution in [1.29, 1.82) is 0 Å². The number of rotatable bonds is 7. The Morgan fingerprint density at radius 2 is 1.83 bits per heavy atom. The molecule has 3 amide bonds. The Balaban J connectivity index is 1.94. The quantitative estimate of drug-likeness (QED) is 0.498. The van der Waals surface area contributed by atoms with Crippen LogP contribution in [0.25, 0.3) is 0 Å². The number of para-hydroxylation sites is 2. The second-order valence-corrected chi connectivity index (χ2v) is 10.0. The summed E-state index contributed by atoms with van der Waals surface area (Å²) >= 11 is 6.33. The van der Waals surface area contributed by atoms with Gasteiger partial charge < -0.3 is 25.4 Å². The lowest BCUT2D eigenvalue weighted by molar-refractivity contribution is -0.143. The van der Waals surface area contributed by atoms with E-state index in [0.717, 1.165) is 12.0 Å². The van der Waals surface area contributed by atoms with E-state index in [-0.39, 0.29) is 23.9 Å². The van der Waals surface area contributed by atoms with Gasteiger partial charge in [0.2, 0.25) is 5.91 Å². The summed E-state index contributed by atoms with van der Waals surface area (Å²) in [5.41, 5.74) is 0.765. The monoisotopic (exact) mass is 501 g/mol. The highest BCUT2D eigenvalue weighted by atomic mass is 35.5. The van der Waals surface area contributed by atoms with Crippen LogP contribution in [-0.4, -0.2) is 46.1 Å². The van der Waals surface area contributed by atoms with E-state index in [1.54, 1.807) is 51.1 Å². The van der Waals surface area contributed by atoms with Crippen molar-refractivity contribution in [3.8, 4) is 5.75 Å². The molecule has 1 aliphatic carbocycles. The number of carbonyl (C=O) groups excluding carboxylic acids is 3. The van der Waals surface area contributed by atoms with Gasteiger partial charge in [-0.3, -0.25) is 9.59 Å². The maximum Gasteiger partial charge on any atom is 0.408 e. The van der Waals surface area contributed by atoms with Gasteiger partial charge in [0.05, 0.1) is 10.7 Å². The first kappa shape index (κ1) is 26.3. The largest absolute Gasteiger partial charge is 0.508 e. The number of alkyl carbamates (subject to hydrolysis) is 1. The highest BCUT2D eigenvalue weighted by Gasteiger charge is 2.40. The average molecular weight is 502 g/mol. The maximum atomic E-state index is 13.7. The molecular formula is C26H32ClN3O5. The summed E-state index contributed by atoms with van der Waals surface area (Å²) in [7, 11) is 0. The van der Waals surface area contributed by atoms with E-state index >= 15 is 0 Å². The van der Waals surface area contributed by atoms with Crippen molar-refractivity contribution in [2.24, 2.45) is 0 Å². The highest BCUT2D eigenvalue weighted by Crippen LogP contribution is 2.37. The van der Waals surface area contributed by atoms with Gasteiger partial charge in [-0.2, -0.15) is 0 Å². The molecule has 0 saturated heterocycles. The molecule has 0 aromatic heterocycles. The fourth-order valence-electron chi connectivity index (χ4n) is 3.89. The number of carbonyl (C=O) groups is 3. The predicted octanol–water partition coefficient (Wildman–Crippen LogP) is 4.94. The van der Waals surface area contributed by atoms with Crippen LogP contribution in [0.4, 0.5) is 10.5 Å². The zero-order chi connectivity index (χ0) is 25.8. The highest BCUT2D eigenvalue weighted by molar-refractivity contribution is 6.34. The molecule has 1 fully saturated rings. The van der Waals surface area contributed by atoms with Crippen molar-refractivity contribution in [3.05, 3.63) is 58.6 Å². The lowest BCUT2D eigenvalue weighted by Crippen LogP contribution is -2.53. The van der Waals surface area contributed by atoms with Crippen LogP contribution in [0.1, 0.15) is 57.2 Å². The first-order valence-electron chi connectivity index (χ1n) is 11.6. The summed E-state index contributed by atoms with van der Waals surface area (Å²) in [5.74, 6) is -1.08. The molecule has 2 aromatic carbocycles. The summed E-state index contributed by atoms with van der Waals surface area (Å²) in [6, 6.07) is 10.3. The minimum absolute atomic E-state index is 0.110. The number of benzene rings is 2. The Bertz CT molecular complexity index is 1070. The van der Waals surface area contributed by atoms with E-state index in [0.29, 0.717) is 23.6 Å². The lowest BCUT2D eigenvalue weighted by Gasteiger charge is -2.42. The average Bonchev–Trinajstić information content (AvgIpc) is 2.73. The fraction of sp³-hybridized carbons (Fsp3) is 0.423. The standard InChI is InChI=1S/C26H32ClN3O5/c1-16-9-7-13-19(27)22(16)29-24(33)23(18-12-5-6-14-20(18)31)30(17-10-8-11-17)21(32)15-28-25(34)35-26(2,3)4/h5-7,9,12-14,17,23,31H,8,10-11,15H2,1-4H3,(H,28,34)(H,29,33). The molecule has 1 saturated carbocycles. The molecule has 3 rings (SSSR count). The van der Waals surface area contributed by atoms with Crippen molar-refractivity contribution in [2.45, 2.75) is 64.6 Å². The number of halogens is 1. The Morgan fingerprint density at radius 3 is 2.40 bits per heavy atom. The van der Waals surface area contributed by atoms with Crippen LogP contribution >= 0.6 is 11.6 Å². The van der Waals surface area contributed by atoms with E-state index in [4.69, 9.17) is 16.3 Å². The molecule has 35 heavy (non-hydrogen) atoms. The van der Waals surface area contributed by atoms with E-state index in [2.05, 4.69) is 10.6 Å². The Kier molecular flexibility index (Phi) is 8.27. The van der Waals surface area contributed by atoms with E-state index < -0.39 is 29.6 Å². The third-order valence-electron chi connectivity index (χ3n) is 5.77. The molecule has 1 unspecified atom stereocenters. The van der Waals surface area contributed by atoms with Crippen molar-refractivity contribution >= 4 is 35.2 Å². The first-order valence-corrected chi connectivity index (χ1v) is 12.0. The molecule has 1 atom stereocenters. The molecule has 1 aliphatic rings. The Labute approximate surface area is 210 Å². The molecule has 8 nitrogen and oxygen atoms in total. The normalized spacial score (nSPS) is 14.4. The number of anilines is 1. The number of amides is 3. The predicted molar refractivity (Wildman–Crippen MR) is 134 cm³/mol. The fourth-order valence-corrected chi connectivity index (χ4v) is 4.16. The van der Waals surface area contributed by atoms with Gasteiger partial charge in [-0.25, -0.2) is 4.79 Å². The van der Waals surface area contributed by atoms with Crippen LogP contribution < -0.4 is 10.6 Å². The van der Waals surface area contributed by atoms with Gasteiger partial charge in [-0.15, -0.1) is 0 Å². The van der Waals surface area contributed by atoms with E-state index in [1.165, 1.54) is 11.0 Å². The Morgan fingerprint density at radius 1 is 1.14 bits per heavy atom. The summed E-state index contributed by atoms with van der Waals surface area (Å²) in [6.45, 7) is 6.64. The molecule has 3 N–H and O–H groups in total. The van der Waals surface area contributed by atoms with Crippen LogP contribution in [0.15, 0.2) is 42.5 Å². The van der Waals surface area contributed by atoms with Gasteiger partial charge in [0.1, 0.15) is 23.9 Å². The third-order valence-corrected chi connectivity index (χ3v) is 6.08. The van der Waals surface area contributed by atoms with Crippen molar-refractivity contribution in [2.75, 3.05) is 11.9 Å². The number of ether oxygens (including phenoxy) is 1. The number of hydrogen-bond donors (Lipinski definition) is 3. The number of nitrogens with zero attached hydrogens (tertiary/aromatic N) is 1. The van der Waals surface area contributed by atoms with Gasteiger partial charge in [0, 0.05) is 11.6 Å². The van der Waals surface area contributed by atoms with Gasteiger partial charge in [-0.1, -0.05) is 41.9 Å². The summed E-state index contributed by atoms with van der Waals surface area (Å²) in [5, 5.41) is 16.3. The SMILES string of the molecule is Cc1cccc(Cl)c1NC(=O)C(c1ccccc1O)N(C(=O)CNC(=O)OC(C)(C)C)C1CCC1. The molecule has 0 bridgehead atoms. The van der Waals surface area contributed by atoms with Gasteiger partial charge in [0.25, 0.3) is 5.91 Å². The summed E-state index contributed by atoms with van der Waals surface area (Å²) < 4.78 is 5.23. The summed E-state index contributed by atoms with van der Waals surface area (Å²) in [6.07, 6.45) is 1.60. The van der Waals surface area contributed by atoms with Crippen molar-refractivity contribution in [3.63, 3.8) is 0 Å². The maximum absolute atomic E-state index is 13.7. The number of nitrogens with one attached hydrogen (secondary N) is 2. The van der Waals surface area contributed by atoms with Crippen LogP contribution in [0.5, 0.6) is 5.75 Å². The van der Waals surface area contributed by atoms with Gasteiger partial charge >= 0.3 is 6.09 Å². The van der Waals surface area contributed by atoms with Gasteiger partial charge in [0.15, 0.2) is 0 Å². The number of hydrogen-bond acceptors (Lipinski definition) is 5. The zero-order valence-electron chi connectivity index (χ0n) is 20.4. The first-order chi connectivity index (χ1) is 16.5. The molecule has 188 valence electrons. The third kappa shape index (κ3) is 6.66. The second kappa shape index (κ2) is 11.0. The molecule has 2 aromatic rings. The van der Waals surface area contributed by atoms with Crippen LogP contribution in [0, 0.1) is 6.92 Å². The molecule has 0 radical (unpaired) electrons. The topological polar surface area (TPSA) is 108 Å². The van der Waals surface area contributed by atoms with E-state index in [1.807, 2.05) is 13.0 Å². The van der Waals surface area contributed by atoms with Crippen molar-refractivity contribution < 1.29 is 24.2 Å². The van der Waals surface area contributed by atoms with E-state index in [9.17, 15) is 19.5 Å². The number of phenols is 1. The zero-order valence-corrected chi connectivity index (χ0v) is 21.2. The smallest absolute Gasteiger partial charge is 0.408 e. The second-order valence-electron chi connectivity index (χ2n) is 9.62. The number of aromatic hydroxyl groups is 1. The van der Waals surface area contributed by atoms with Crippen LogP contribution in [-0.2, 0) is 14.3 Å². The molecule has 0 heterocycles. The van der Waals surface area contributed by atoms with Crippen LogP contribution in [0.2, 0.25) is 5.02 Å². The van der Waals surface area contributed by atoms with Gasteiger partial charge in [-0.05, 0) is 64.7 Å². The molecule has 0 aliphatic heterocycles. The Hall–Kier alpha value is -3.26. The van der Waals surface area contributed by atoms with Crippen LogP contribution in [0.3, 0.4) is 0 Å². The lowest BCUT2D eigenvalue weighted by atomic mass is 9.88. The number of aryl methyl sites for hydroxylation is 1. The van der Waals surface area contributed by atoms with Crippen molar-refractivity contribution in [1.82, 2.24) is 10.2 Å². The molecular weight excluding hydrogens is 470 g/mol. The minimum Gasteiger partial charge on any atom is -0.508 e. The summed E-state index contributed by atoms with van der Waals surface area (Å²) in [4.78, 5) is 40.7. The molecule has 9 heteroatoms. The number of phenolic OH excluding ortho intramolecular Hbond substituents is 1. The molecule has 0 spiro atoms.